The van der Waals surface area contributed by atoms with E-state index in [4.69, 9.17) is 5.10 Å². The van der Waals surface area contributed by atoms with Gasteiger partial charge in [0.2, 0.25) is 5.91 Å². The molecule has 1 amide bonds. The topological polar surface area (TPSA) is 41.4 Å². The molecule has 2 heterocycles. The van der Waals surface area contributed by atoms with Crippen molar-refractivity contribution in [2.75, 3.05) is 31.1 Å². The first kappa shape index (κ1) is 20.4. The number of hydrogen-bond acceptors (Lipinski definition) is 3. The highest BCUT2D eigenvalue weighted by molar-refractivity contribution is 5.79. The number of para-hydroxylation sites is 1. The third-order valence-corrected chi connectivity index (χ3v) is 5.78. The molecule has 0 bridgehead atoms. The molecule has 0 aliphatic carbocycles. The molecule has 28 heavy (non-hydrogen) atoms. The van der Waals surface area contributed by atoms with E-state index in [-0.39, 0.29) is 5.92 Å². The second-order valence-corrected chi connectivity index (χ2v) is 7.85. The van der Waals surface area contributed by atoms with Gasteiger partial charge in [-0.05, 0) is 38.8 Å². The van der Waals surface area contributed by atoms with Crippen molar-refractivity contribution in [3.63, 3.8) is 0 Å². The molecule has 0 atom stereocenters. The summed E-state index contributed by atoms with van der Waals surface area (Å²) in [6.45, 7) is 11.9. The molecule has 1 aromatic heterocycles. The summed E-state index contributed by atoms with van der Waals surface area (Å²) in [5.41, 5.74) is 4.52. The van der Waals surface area contributed by atoms with Gasteiger partial charge >= 0.3 is 0 Å². The smallest absolute Gasteiger partial charge is 0.225 e. The number of benzene rings is 1. The van der Waals surface area contributed by atoms with Gasteiger partial charge in [0.15, 0.2) is 0 Å². The number of anilines is 1. The van der Waals surface area contributed by atoms with Crippen LogP contribution >= 0.6 is 0 Å². The Balaban J connectivity index is 1.70. The number of hydrogen-bond donors (Lipinski definition) is 0. The van der Waals surface area contributed by atoms with E-state index in [1.165, 1.54) is 11.4 Å². The molecular weight excluding hydrogens is 348 g/mol. The van der Waals surface area contributed by atoms with Crippen molar-refractivity contribution in [1.82, 2.24) is 14.7 Å². The molecule has 2 aromatic rings. The first-order chi connectivity index (χ1) is 13.6. The Morgan fingerprint density at radius 1 is 1.00 bits per heavy atom. The third-order valence-electron chi connectivity index (χ3n) is 5.78. The van der Waals surface area contributed by atoms with Crippen LogP contribution in [0.3, 0.4) is 0 Å². The summed E-state index contributed by atoms with van der Waals surface area (Å²) in [6, 6.07) is 10.3. The average molecular weight is 383 g/mol. The molecule has 1 aliphatic rings. The first-order valence-corrected chi connectivity index (χ1v) is 10.7. The summed E-state index contributed by atoms with van der Waals surface area (Å²) in [6.07, 6.45) is 4.17. The molecule has 1 fully saturated rings. The summed E-state index contributed by atoms with van der Waals surface area (Å²) in [5, 5.41) is 4.78. The molecule has 1 aliphatic heterocycles. The zero-order valence-corrected chi connectivity index (χ0v) is 17.8. The van der Waals surface area contributed by atoms with Crippen molar-refractivity contribution in [2.24, 2.45) is 5.92 Å². The summed E-state index contributed by atoms with van der Waals surface area (Å²) in [5.74, 6) is 0.558. The van der Waals surface area contributed by atoms with Crippen LogP contribution in [0, 0.1) is 19.8 Å². The van der Waals surface area contributed by atoms with Crippen LogP contribution in [0.1, 0.15) is 50.9 Å². The van der Waals surface area contributed by atoms with E-state index in [1.54, 1.807) is 0 Å². The Morgan fingerprint density at radius 3 is 2.18 bits per heavy atom. The van der Waals surface area contributed by atoms with Crippen LogP contribution in [-0.2, 0) is 4.79 Å². The lowest BCUT2D eigenvalue weighted by atomic mass is 9.96. The van der Waals surface area contributed by atoms with Gasteiger partial charge in [-0.25, -0.2) is 4.68 Å². The van der Waals surface area contributed by atoms with E-state index in [9.17, 15) is 4.79 Å². The summed E-state index contributed by atoms with van der Waals surface area (Å²) < 4.78 is 2.03. The SMILES string of the molecule is CCCC(CCC)C(=O)N1CCN(c2c(C)nn(-c3ccccc3)c2C)CC1. The molecule has 1 aromatic carbocycles. The minimum Gasteiger partial charge on any atom is -0.365 e. The van der Waals surface area contributed by atoms with Gasteiger partial charge in [-0.15, -0.1) is 0 Å². The Kier molecular flexibility index (Phi) is 6.76. The van der Waals surface area contributed by atoms with Gasteiger partial charge in [-0.2, -0.15) is 5.10 Å². The Hall–Kier alpha value is -2.30. The maximum atomic E-state index is 12.9. The number of aryl methyl sites for hydroxylation is 1. The molecule has 5 nitrogen and oxygen atoms in total. The fourth-order valence-electron chi connectivity index (χ4n) is 4.41. The lowest BCUT2D eigenvalue weighted by Gasteiger charge is -2.37. The molecule has 0 N–H and O–H groups in total. The molecule has 1 saturated heterocycles. The van der Waals surface area contributed by atoms with Gasteiger partial charge in [0.05, 0.1) is 22.8 Å². The number of nitrogens with zero attached hydrogens (tertiary/aromatic N) is 4. The van der Waals surface area contributed by atoms with Crippen molar-refractivity contribution in [2.45, 2.75) is 53.4 Å². The molecular formula is C23H34N4O. The van der Waals surface area contributed by atoms with Gasteiger partial charge in [-0.3, -0.25) is 4.79 Å². The quantitative estimate of drug-likeness (QED) is 0.715. The number of carbonyl (C=O) groups is 1. The fraction of sp³-hybridized carbons (Fsp3) is 0.565. The summed E-state index contributed by atoms with van der Waals surface area (Å²) in [4.78, 5) is 17.4. The average Bonchev–Trinajstić information content (AvgIpc) is 3.02. The highest BCUT2D eigenvalue weighted by Gasteiger charge is 2.28. The standard InChI is InChI=1S/C23H34N4O/c1-5-10-20(11-6-2)23(28)26-16-14-25(15-17-26)22-18(3)24-27(19(22)4)21-12-8-7-9-13-21/h7-9,12-13,20H,5-6,10-11,14-17H2,1-4H3. The number of rotatable bonds is 7. The van der Waals surface area contributed by atoms with Gasteiger partial charge in [0.1, 0.15) is 0 Å². The Labute approximate surface area is 169 Å². The Bertz CT molecular complexity index is 769. The van der Waals surface area contributed by atoms with Gasteiger partial charge in [-0.1, -0.05) is 44.9 Å². The van der Waals surface area contributed by atoms with Gasteiger partial charge < -0.3 is 9.80 Å². The summed E-state index contributed by atoms with van der Waals surface area (Å²) in [7, 11) is 0. The van der Waals surface area contributed by atoms with E-state index in [0.29, 0.717) is 5.91 Å². The lowest BCUT2D eigenvalue weighted by molar-refractivity contribution is -0.136. The van der Waals surface area contributed by atoms with Crippen LogP contribution in [-0.4, -0.2) is 46.8 Å². The predicted octanol–water partition coefficient (Wildman–Crippen LogP) is 4.35. The molecule has 0 saturated carbocycles. The monoisotopic (exact) mass is 382 g/mol. The second-order valence-electron chi connectivity index (χ2n) is 7.85. The Morgan fingerprint density at radius 2 is 1.61 bits per heavy atom. The third kappa shape index (κ3) is 4.23. The van der Waals surface area contributed by atoms with Crippen LogP contribution < -0.4 is 4.90 Å². The van der Waals surface area contributed by atoms with Gasteiger partial charge in [0, 0.05) is 32.1 Å². The molecule has 0 radical (unpaired) electrons. The van der Waals surface area contributed by atoms with Crippen molar-refractivity contribution < 1.29 is 4.79 Å². The van der Waals surface area contributed by atoms with E-state index < -0.39 is 0 Å². The van der Waals surface area contributed by atoms with E-state index >= 15 is 0 Å². The lowest BCUT2D eigenvalue weighted by Crippen LogP contribution is -2.50. The van der Waals surface area contributed by atoms with Crippen molar-refractivity contribution in [1.29, 1.82) is 0 Å². The van der Waals surface area contributed by atoms with Crippen LogP contribution in [0.5, 0.6) is 0 Å². The van der Waals surface area contributed by atoms with Crippen molar-refractivity contribution in [3.8, 4) is 5.69 Å². The number of aromatic nitrogens is 2. The number of carbonyl (C=O) groups excluding carboxylic acids is 1. The van der Waals surface area contributed by atoms with Crippen molar-refractivity contribution in [3.05, 3.63) is 41.7 Å². The van der Waals surface area contributed by atoms with Crippen LogP contribution in [0.4, 0.5) is 5.69 Å². The summed E-state index contributed by atoms with van der Waals surface area (Å²) >= 11 is 0. The molecule has 5 heteroatoms. The molecule has 152 valence electrons. The molecule has 0 spiro atoms. The zero-order chi connectivity index (χ0) is 20.1. The van der Waals surface area contributed by atoms with E-state index in [1.807, 2.05) is 22.9 Å². The highest BCUT2D eigenvalue weighted by Crippen LogP contribution is 2.28. The second kappa shape index (κ2) is 9.26. The normalized spacial score (nSPS) is 14.8. The first-order valence-electron chi connectivity index (χ1n) is 10.7. The fourth-order valence-corrected chi connectivity index (χ4v) is 4.41. The minimum atomic E-state index is 0.200. The maximum absolute atomic E-state index is 12.9. The van der Waals surface area contributed by atoms with Crippen LogP contribution in [0.25, 0.3) is 5.69 Å². The zero-order valence-electron chi connectivity index (χ0n) is 17.8. The predicted molar refractivity (Wildman–Crippen MR) is 115 cm³/mol. The number of amides is 1. The van der Waals surface area contributed by atoms with Gasteiger partial charge in [0.25, 0.3) is 0 Å². The van der Waals surface area contributed by atoms with E-state index in [0.717, 1.165) is 63.2 Å². The highest BCUT2D eigenvalue weighted by atomic mass is 16.2. The van der Waals surface area contributed by atoms with Crippen molar-refractivity contribution >= 4 is 11.6 Å². The number of piperazine rings is 1. The maximum Gasteiger partial charge on any atom is 0.225 e. The largest absolute Gasteiger partial charge is 0.365 e. The van der Waals surface area contributed by atoms with Crippen LogP contribution in [0.15, 0.2) is 30.3 Å². The van der Waals surface area contributed by atoms with E-state index in [2.05, 4.69) is 49.6 Å². The van der Waals surface area contributed by atoms with Crippen LogP contribution in [0.2, 0.25) is 0 Å². The molecule has 3 rings (SSSR count). The minimum absolute atomic E-state index is 0.200. The molecule has 0 unspecified atom stereocenters.